The molecular weight excluding hydrogens is 309 g/mol. The summed E-state index contributed by atoms with van der Waals surface area (Å²) in [5.41, 5.74) is 2.75. The molecule has 0 fully saturated rings. The Balaban J connectivity index is 1.89. The lowest BCUT2D eigenvalue weighted by Gasteiger charge is -2.08. The minimum Gasteiger partial charge on any atom is -0.481 e. The molecule has 5 heteroatoms. The highest BCUT2D eigenvalue weighted by molar-refractivity contribution is 5.90. The first kappa shape index (κ1) is 17.7. The molecule has 0 saturated carbocycles. The number of carbonyl (C=O) groups is 2. The highest BCUT2D eigenvalue weighted by Crippen LogP contribution is 2.16. The van der Waals surface area contributed by atoms with Gasteiger partial charge in [-0.25, -0.2) is 4.39 Å². The molecule has 0 unspecified atom stereocenters. The third-order valence-electron chi connectivity index (χ3n) is 3.75. The molecule has 0 aromatic heterocycles. The molecule has 0 heterocycles. The Labute approximate surface area is 140 Å². The van der Waals surface area contributed by atoms with Crippen LogP contribution in [0.15, 0.2) is 42.5 Å². The lowest BCUT2D eigenvalue weighted by atomic mass is 10.1. The predicted octanol–water partition coefficient (Wildman–Crippen LogP) is 3.59. The predicted molar refractivity (Wildman–Crippen MR) is 90.5 cm³/mol. The van der Waals surface area contributed by atoms with Gasteiger partial charge in [0.05, 0.1) is 6.42 Å². The van der Waals surface area contributed by atoms with E-state index in [9.17, 15) is 14.0 Å². The van der Waals surface area contributed by atoms with Gasteiger partial charge in [-0.2, -0.15) is 0 Å². The van der Waals surface area contributed by atoms with Crippen LogP contribution in [0.25, 0.3) is 0 Å². The Morgan fingerprint density at radius 3 is 2.33 bits per heavy atom. The van der Waals surface area contributed by atoms with E-state index in [0.29, 0.717) is 18.5 Å². The maximum absolute atomic E-state index is 13.8. The number of rotatable bonds is 7. The summed E-state index contributed by atoms with van der Waals surface area (Å²) in [5.74, 6) is -1.94. The summed E-state index contributed by atoms with van der Waals surface area (Å²) >= 11 is 0. The summed E-state index contributed by atoms with van der Waals surface area (Å²) in [6.45, 7) is 2.09. The van der Waals surface area contributed by atoms with Crippen molar-refractivity contribution in [2.24, 2.45) is 0 Å². The molecule has 0 aliphatic heterocycles. The Hall–Kier alpha value is -2.69. The van der Waals surface area contributed by atoms with Crippen LogP contribution in [0.3, 0.4) is 0 Å². The van der Waals surface area contributed by atoms with Gasteiger partial charge in [-0.1, -0.05) is 37.3 Å². The van der Waals surface area contributed by atoms with Gasteiger partial charge in [-0.05, 0) is 41.7 Å². The first-order valence-corrected chi connectivity index (χ1v) is 7.86. The second kappa shape index (κ2) is 8.24. The molecular formula is C19H20FNO3. The molecule has 2 aromatic carbocycles. The van der Waals surface area contributed by atoms with Crippen LogP contribution in [0.5, 0.6) is 0 Å². The van der Waals surface area contributed by atoms with Crippen LogP contribution < -0.4 is 5.32 Å². The maximum atomic E-state index is 13.8. The van der Waals surface area contributed by atoms with Crippen molar-refractivity contribution in [2.75, 3.05) is 5.32 Å². The van der Waals surface area contributed by atoms with Crippen molar-refractivity contribution in [3.8, 4) is 0 Å². The fraction of sp³-hybridized carbons (Fsp3) is 0.263. The average Bonchev–Trinajstić information content (AvgIpc) is 2.55. The molecule has 24 heavy (non-hydrogen) atoms. The van der Waals surface area contributed by atoms with E-state index in [2.05, 4.69) is 12.2 Å². The monoisotopic (exact) mass is 329 g/mol. The number of amides is 1. The number of hydrogen-bond donors (Lipinski definition) is 2. The fourth-order valence-corrected chi connectivity index (χ4v) is 2.35. The summed E-state index contributed by atoms with van der Waals surface area (Å²) < 4.78 is 13.8. The first-order chi connectivity index (χ1) is 11.5. The number of carbonyl (C=O) groups excluding carboxylic acids is 1. The third-order valence-corrected chi connectivity index (χ3v) is 3.75. The molecule has 0 aliphatic rings. The number of nitrogens with one attached hydrogen (secondary N) is 1. The summed E-state index contributed by atoms with van der Waals surface area (Å²) in [6, 6.07) is 12.1. The molecule has 0 aliphatic carbocycles. The van der Waals surface area contributed by atoms with Crippen molar-refractivity contribution in [2.45, 2.75) is 32.6 Å². The van der Waals surface area contributed by atoms with Gasteiger partial charge in [-0.15, -0.1) is 0 Å². The number of hydrogen-bond acceptors (Lipinski definition) is 2. The summed E-state index contributed by atoms with van der Waals surface area (Å²) in [6.07, 6.45) is 1.50. The largest absolute Gasteiger partial charge is 0.481 e. The molecule has 126 valence electrons. The quantitative estimate of drug-likeness (QED) is 0.816. The van der Waals surface area contributed by atoms with Gasteiger partial charge < -0.3 is 10.4 Å². The van der Waals surface area contributed by atoms with Crippen molar-refractivity contribution in [1.82, 2.24) is 0 Å². The zero-order chi connectivity index (χ0) is 17.5. The Bertz CT molecular complexity index is 726. The molecule has 0 atom stereocenters. The Morgan fingerprint density at radius 1 is 1.08 bits per heavy atom. The molecule has 2 N–H and O–H groups in total. The topological polar surface area (TPSA) is 66.4 Å². The lowest BCUT2D eigenvalue weighted by Crippen LogP contribution is -2.13. The molecule has 2 aromatic rings. The summed E-state index contributed by atoms with van der Waals surface area (Å²) in [4.78, 5) is 22.6. The van der Waals surface area contributed by atoms with Gasteiger partial charge in [-0.3, -0.25) is 9.59 Å². The molecule has 0 saturated heterocycles. The van der Waals surface area contributed by atoms with Crippen molar-refractivity contribution in [3.05, 3.63) is 65.0 Å². The van der Waals surface area contributed by atoms with E-state index < -0.39 is 11.8 Å². The normalized spacial score (nSPS) is 10.4. The molecule has 1 amide bonds. The van der Waals surface area contributed by atoms with E-state index in [1.54, 1.807) is 0 Å². The zero-order valence-electron chi connectivity index (χ0n) is 13.5. The van der Waals surface area contributed by atoms with Crippen LogP contribution in [0.4, 0.5) is 10.1 Å². The molecule has 0 spiro atoms. The van der Waals surface area contributed by atoms with E-state index in [-0.39, 0.29) is 17.9 Å². The van der Waals surface area contributed by atoms with Crippen molar-refractivity contribution in [3.63, 3.8) is 0 Å². The zero-order valence-corrected chi connectivity index (χ0v) is 13.5. The van der Waals surface area contributed by atoms with Crippen LogP contribution in [-0.2, 0) is 28.9 Å². The lowest BCUT2D eigenvalue weighted by molar-refractivity contribution is -0.136. The summed E-state index contributed by atoms with van der Waals surface area (Å²) in [7, 11) is 0. The first-order valence-electron chi connectivity index (χ1n) is 7.86. The summed E-state index contributed by atoms with van der Waals surface area (Å²) in [5, 5.41) is 11.3. The molecule has 0 bridgehead atoms. The van der Waals surface area contributed by atoms with Gasteiger partial charge in [0.15, 0.2) is 0 Å². The second-order valence-electron chi connectivity index (χ2n) is 5.59. The number of aliphatic carboxylic acids is 1. The van der Waals surface area contributed by atoms with Crippen LogP contribution in [0.1, 0.15) is 30.0 Å². The van der Waals surface area contributed by atoms with Gasteiger partial charge in [0.2, 0.25) is 5.91 Å². The van der Waals surface area contributed by atoms with E-state index in [1.807, 2.05) is 24.3 Å². The van der Waals surface area contributed by atoms with Crippen LogP contribution in [0.2, 0.25) is 0 Å². The number of benzene rings is 2. The number of aryl methyl sites for hydroxylation is 2. The van der Waals surface area contributed by atoms with Gasteiger partial charge in [0, 0.05) is 12.1 Å². The second-order valence-corrected chi connectivity index (χ2v) is 5.59. The highest BCUT2D eigenvalue weighted by Gasteiger charge is 2.09. The van der Waals surface area contributed by atoms with Gasteiger partial charge in [0.1, 0.15) is 5.82 Å². The van der Waals surface area contributed by atoms with Crippen molar-refractivity contribution < 1.29 is 19.1 Å². The van der Waals surface area contributed by atoms with Gasteiger partial charge in [0.25, 0.3) is 0 Å². The highest BCUT2D eigenvalue weighted by atomic mass is 19.1. The number of halogens is 1. The maximum Gasteiger partial charge on any atom is 0.307 e. The SMILES string of the molecule is CCc1ccc(CCC(=O)Nc2ccc(CC(=O)O)c(F)c2)cc1. The Morgan fingerprint density at radius 2 is 1.75 bits per heavy atom. The van der Waals surface area contributed by atoms with Gasteiger partial charge >= 0.3 is 5.97 Å². The average molecular weight is 329 g/mol. The minimum atomic E-state index is -1.10. The third kappa shape index (κ3) is 5.19. The minimum absolute atomic E-state index is 0.0940. The van der Waals surface area contributed by atoms with Crippen molar-refractivity contribution in [1.29, 1.82) is 0 Å². The van der Waals surface area contributed by atoms with E-state index in [4.69, 9.17) is 5.11 Å². The smallest absolute Gasteiger partial charge is 0.307 e. The van der Waals surface area contributed by atoms with Crippen LogP contribution in [0, 0.1) is 5.82 Å². The van der Waals surface area contributed by atoms with E-state index in [1.165, 1.54) is 17.7 Å². The number of carboxylic acids is 1. The standard InChI is InChI=1S/C19H20FNO3/c1-2-13-3-5-14(6-4-13)7-10-18(22)21-16-9-8-15(11-19(23)24)17(20)12-16/h3-6,8-9,12H,2,7,10-11H2,1H3,(H,21,22)(H,23,24). The fourth-order valence-electron chi connectivity index (χ4n) is 2.35. The van der Waals surface area contributed by atoms with Crippen LogP contribution in [-0.4, -0.2) is 17.0 Å². The van der Waals surface area contributed by atoms with Crippen molar-refractivity contribution >= 4 is 17.6 Å². The molecule has 0 radical (unpaired) electrons. The molecule has 2 rings (SSSR count). The van der Waals surface area contributed by atoms with Crippen LogP contribution >= 0.6 is 0 Å². The molecule has 4 nitrogen and oxygen atoms in total. The Kier molecular flexibility index (Phi) is 6.07. The van der Waals surface area contributed by atoms with E-state index in [0.717, 1.165) is 18.1 Å². The number of anilines is 1. The van der Waals surface area contributed by atoms with E-state index >= 15 is 0 Å². The number of carboxylic acid groups (broad SMARTS) is 1.